The van der Waals surface area contributed by atoms with Crippen LogP contribution in [0.1, 0.15) is 41.4 Å². The van der Waals surface area contributed by atoms with Crippen LogP contribution in [0.5, 0.6) is 0 Å². The normalized spacial score (nSPS) is 11.6. The molecular weight excluding hydrogens is 650 g/mol. The highest BCUT2D eigenvalue weighted by atomic mass is 35.5. The van der Waals surface area contributed by atoms with Crippen molar-refractivity contribution < 1.29 is 0 Å². The van der Waals surface area contributed by atoms with Gasteiger partial charge in [-0.2, -0.15) is 0 Å². The van der Waals surface area contributed by atoms with Gasteiger partial charge in [0.1, 0.15) is 16.9 Å². The van der Waals surface area contributed by atoms with Crippen LogP contribution in [0.4, 0.5) is 5.69 Å². The minimum Gasteiger partial charge on any atom is -0.399 e. The molecular formula is C43H36ClN7. The van der Waals surface area contributed by atoms with Crippen LogP contribution in [-0.4, -0.2) is 29.8 Å². The first kappa shape index (κ1) is 32.2. The van der Waals surface area contributed by atoms with Gasteiger partial charge in [-0.15, -0.1) is 5.10 Å². The molecule has 8 aromatic rings. The average Bonchev–Trinajstić information content (AvgIpc) is 3.79. The predicted molar refractivity (Wildman–Crippen MR) is 206 cm³/mol. The predicted octanol–water partition coefficient (Wildman–Crippen LogP) is 9.43. The number of hydrogen-bond donors (Lipinski definition) is 1. The van der Waals surface area contributed by atoms with E-state index in [0.29, 0.717) is 23.1 Å². The summed E-state index contributed by atoms with van der Waals surface area (Å²) in [5.41, 5.74) is 15.0. The number of aryl methyl sites for hydroxylation is 1. The van der Waals surface area contributed by atoms with Gasteiger partial charge in [-0.1, -0.05) is 158 Å². The Morgan fingerprint density at radius 1 is 0.686 bits per heavy atom. The van der Waals surface area contributed by atoms with E-state index in [1.54, 1.807) is 6.07 Å². The lowest BCUT2D eigenvalue weighted by Crippen LogP contribution is -2.39. The molecule has 2 N–H and O–H groups in total. The van der Waals surface area contributed by atoms with Crippen LogP contribution in [0.2, 0.25) is 5.02 Å². The van der Waals surface area contributed by atoms with Crippen LogP contribution in [-0.2, 0) is 18.5 Å². The average molecular weight is 686 g/mol. The van der Waals surface area contributed by atoms with E-state index in [1.165, 1.54) is 0 Å². The molecule has 0 aliphatic carbocycles. The van der Waals surface area contributed by atoms with Gasteiger partial charge in [0.25, 0.3) is 0 Å². The lowest BCUT2D eigenvalue weighted by atomic mass is 9.77. The van der Waals surface area contributed by atoms with Crippen LogP contribution in [0.25, 0.3) is 33.5 Å². The van der Waals surface area contributed by atoms with E-state index in [4.69, 9.17) is 32.6 Å². The van der Waals surface area contributed by atoms with Gasteiger partial charge in [0, 0.05) is 24.2 Å². The summed E-state index contributed by atoms with van der Waals surface area (Å²) in [6.07, 6.45) is 1.83. The molecule has 51 heavy (non-hydrogen) atoms. The number of nitrogen functional groups attached to an aromatic ring is 1. The maximum absolute atomic E-state index is 6.57. The standard InChI is InChI=1S/C43H36ClN7/c1-2-14-40-46-41-38(44)27-35(45)28-39(41)50(40)29-30-23-25-31(26-24-30)36-21-12-13-22-37(36)42-47-48-49-51(42)43(32-15-6-3-7-16-32,33-17-8-4-9-18-33)34-19-10-5-11-20-34/h3-13,15-28H,2,14,29,45H2,1H3. The van der Waals surface area contributed by atoms with Crippen LogP contribution < -0.4 is 5.73 Å². The lowest BCUT2D eigenvalue weighted by molar-refractivity contribution is 0.451. The van der Waals surface area contributed by atoms with Gasteiger partial charge in [-0.3, -0.25) is 0 Å². The Labute approximate surface area is 302 Å². The smallest absolute Gasteiger partial charge is 0.184 e. The fourth-order valence-electron chi connectivity index (χ4n) is 7.23. The summed E-state index contributed by atoms with van der Waals surface area (Å²) in [5.74, 6) is 1.66. The number of fused-ring (bicyclic) bond motifs is 1. The summed E-state index contributed by atoms with van der Waals surface area (Å²) >= 11 is 6.57. The quantitative estimate of drug-likeness (QED) is 0.114. The van der Waals surface area contributed by atoms with E-state index < -0.39 is 5.54 Å². The van der Waals surface area contributed by atoms with Crippen LogP contribution in [0.15, 0.2) is 152 Å². The van der Waals surface area contributed by atoms with Crippen molar-refractivity contribution in [2.45, 2.75) is 31.8 Å². The summed E-state index contributed by atoms with van der Waals surface area (Å²) in [5, 5.41) is 14.4. The molecule has 8 rings (SSSR count). The van der Waals surface area contributed by atoms with Crippen molar-refractivity contribution in [1.29, 1.82) is 0 Å². The van der Waals surface area contributed by atoms with Crippen molar-refractivity contribution in [2.24, 2.45) is 0 Å². The Balaban J connectivity index is 1.24. The minimum atomic E-state index is -0.852. The Morgan fingerprint density at radius 3 is 1.84 bits per heavy atom. The highest BCUT2D eigenvalue weighted by Crippen LogP contribution is 2.43. The molecule has 2 heterocycles. The number of nitrogens with zero attached hydrogens (tertiary/aromatic N) is 6. The molecule has 0 bridgehead atoms. The Bertz CT molecular complexity index is 2320. The second-order valence-corrected chi connectivity index (χ2v) is 13.1. The third-order valence-electron chi connectivity index (χ3n) is 9.52. The molecule has 0 spiro atoms. The number of aromatic nitrogens is 6. The van der Waals surface area contributed by atoms with E-state index in [2.05, 4.69) is 132 Å². The number of benzene rings is 6. The Hall–Kier alpha value is -6.05. The van der Waals surface area contributed by atoms with Gasteiger partial charge in [0.15, 0.2) is 5.82 Å². The molecule has 0 aliphatic rings. The molecule has 0 aliphatic heterocycles. The number of imidazole rings is 1. The zero-order valence-electron chi connectivity index (χ0n) is 28.2. The van der Waals surface area contributed by atoms with Crippen molar-refractivity contribution in [3.63, 3.8) is 0 Å². The fraction of sp³-hybridized carbons (Fsp3) is 0.116. The SMILES string of the molecule is CCCc1nc2c(Cl)cc(N)cc2n1Cc1ccc(-c2ccccc2-c2nnnn2C(c2ccccc2)(c2ccccc2)c2ccccc2)cc1. The largest absolute Gasteiger partial charge is 0.399 e. The van der Waals surface area contributed by atoms with Gasteiger partial charge >= 0.3 is 0 Å². The van der Waals surface area contributed by atoms with Crippen LogP contribution >= 0.6 is 11.6 Å². The van der Waals surface area contributed by atoms with Gasteiger partial charge in [0.2, 0.25) is 0 Å². The molecule has 8 heteroatoms. The molecule has 0 saturated heterocycles. The Morgan fingerprint density at radius 2 is 1.25 bits per heavy atom. The summed E-state index contributed by atoms with van der Waals surface area (Å²) in [4.78, 5) is 4.89. The molecule has 7 nitrogen and oxygen atoms in total. The minimum absolute atomic E-state index is 0.575. The van der Waals surface area contributed by atoms with Gasteiger partial charge in [0.05, 0.1) is 10.5 Å². The van der Waals surface area contributed by atoms with E-state index in [9.17, 15) is 0 Å². The van der Waals surface area contributed by atoms with E-state index in [0.717, 1.165) is 68.6 Å². The zero-order chi connectivity index (χ0) is 34.8. The summed E-state index contributed by atoms with van der Waals surface area (Å²) in [7, 11) is 0. The molecule has 0 saturated carbocycles. The molecule has 0 amide bonds. The number of halogens is 1. The van der Waals surface area contributed by atoms with Gasteiger partial charge in [-0.05, 0) is 62.4 Å². The van der Waals surface area contributed by atoms with Crippen molar-refractivity contribution in [3.05, 3.63) is 185 Å². The number of tetrazole rings is 1. The summed E-state index contributed by atoms with van der Waals surface area (Å²) in [6.45, 7) is 2.81. The fourth-order valence-corrected chi connectivity index (χ4v) is 7.49. The monoisotopic (exact) mass is 685 g/mol. The van der Waals surface area contributed by atoms with Crippen molar-refractivity contribution in [3.8, 4) is 22.5 Å². The van der Waals surface area contributed by atoms with Gasteiger partial charge < -0.3 is 10.3 Å². The molecule has 0 atom stereocenters. The van der Waals surface area contributed by atoms with Crippen molar-refractivity contribution in [1.82, 2.24) is 29.8 Å². The first-order valence-corrected chi connectivity index (χ1v) is 17.5. The highest BCUT2D eigenvalue weighted by molar-refractivity contribution is 6.35. The first-order valence-electron chi connectivity index (χ1n) is 17.2. The maximum atomic E-state index is 6.57. The number of anilines is 1. The topological polar surface area (TPSA) is 87.4 Å². The third kappa shape index (κ3) is 5.75. The van der Waals surface area contributed by atoms with E-state index in [-0.39, 0.29) is 0 Å². The van der Waals surface area contributed by atoms with Crippen molar-refractivity contribution >= 4 is 28.3 Å². The number of hydrogen-bond acceptors (Lipinski definition) is 5. The van der Waals surface area contributed by atoms with E-state index >= 15 is 0 Å². The maximum Gasteiger partial charge on any atom is 0.184 e. The molecule has 0 unspecified atom stereocenters. The lowest BCUT2D eigenvalue weighted by Gasteiger charge is -2.36. The summed E-state index contributed by atoms with van der Waals surface area (Å²) in [6, 6.07) is 52.1. The second-order valence-electron chi connectivity index (χ2n) is 12.7. The van der Waals surface area contributed by atoms with Crippen LogP contribution in [0, 0.1) is 0 Å². The molecule has 6 aromatic carbocycles. The molecule has 2 aromatic heterocycles. The highest BCUT2D eigenvalue weighted by Gasteiger charge is 2.42. The zero-order valence-corrected chi connectivity index (χ0v) is 28.9. The third-order valence-corrected chi connectivity index (χ3v) is 9.81. The van der Waals surface area contributed by atoms with Crippen molar-refractivity contribution in [2.75, 3.05) is 5.73 Å². The van der Waals surface area contributed by atoms with Crippen LogP contribution in [0.3, 0.4) is 0 Å². The first-order chi connectivity index (χ1) is 25.1. The molecule has 0 radical (unpaired) electrons. The number of rotatable bonds is 10. The second kappa shape index (κ2) is 13.7. The molecule has 0 fully saturated rings. The molecule has 250 valence electrons. The number of nitrogens with two attached hydrogens (primary N) is 1. The van der Waals surface area contributed by atoms with E-state index in [1.807, 2.05) is 35.0 Å². The summed E-state index contributed by atoms with van der Waals surface area (Å²) < 4.78 is 4.21. The van der Waals surface area contributed by atoms with Gasteiger partial charge in [-0.25, -0.2) is 9.67 Å². The Kier molecular flexibility index (Phi) is 8.64.